The van der Waals surface area contributed by atoms with Crippen molar-refractivity contribution in [1.29, 1.82) is 0 Å². The number of amides is 1. The Kier molecular flexibility index (Phi) is 3.78. The van der Waals surface area contributed by atoms with Gasteiger partial charge in [-0.3, -0.25) is 4.90 Å². The summed E-state index contributed by atoms with van der Waals surface area (Å²) in [7, 11) is 0. The molecule has 6 nitrogen and oxygen atoms in total. The highest BCUT2D eigenvalue weighted by Crippen LogP contribution is 2.37. The zero-order chi connectivity index (χ0) is 17.6. The Morgan fingerprint density at radius 3 is 2.58 bits per heavy atom. The van der Waals surface area contributed by atoms with Gasteiger partial charge in [0.05, 0.1) is 6.04 Å². The highest BCUT2D eigenvalue weighted by Gasteiger charge is 2.42. The second-order valence-corrected chi connectivity index (χ2v) is 7.18. The van der Waals surface area contributed by atoms with Crippen molar-refractivity contribution in [2.24, 2.45) is 0 Å². The summed E-state index contributed by atoms with van der Waals surface area (Å²) in [6.07, 6.45) is -0.343. The predicted octanol–water partition coefficient (Wildman–Crippen LogP) is 3.48. The lowest BCUT2D eigenvalue weighted by Crippen LogP contribution is -2.51. The van der Waals surface area contributed by atoms with Crippen molar-refractivity contribution in [1.82, 2.24) is 9.88 Å². The van der Waals surface area contributed by atoms with Crippen LogP contribution in [0.4, 0.5) is 4.79 Å². The number of carboxylic acids is 1. The number of carbonyl (C=O) groups is 2. The van der Waals surface area contributed by atoms with Crippen molar-refractivity contribution in [3.05, 3.63) is 35.5 Å². The Balaban J connectivity index is 2.06. The van der Waals surface area contributed by atoms with Crippen LogP contribution in [0.15, 0.2) is 24.3 Å². The summed E-state index contributed by atoms with van der Waals surface area (Å²) in [5.41, 5.74) is 2.11. The van der Waals surface area contributed by atoms with Crippen molar-refractivity contribution >= 4 is 23.0 Å². The maximum Gasteiger partial charge on any atom is 0.411 e. The third-order valence-electron chi connectivity index (χ3n) is 4.30. The Morgan fingerprint density at radius 1 is 1.29 bits per heavy atom. The molecule has 1 aromatic carbocycles. The zero-order valence-corrected chi connectivity index (χ0v) is 14.3. The fraction of sp³-hybridized carbons (Fsp3) is 0.444. The van der Waals surface area contributed by atoms with Crippen molar-refractivity contribution in [3.8, 4) is 0 Å². The molecule has 6 heteroatoms. The number of hydrogen-bond donors (Lipinski definition) is 2. The third kappa shape index (κ3) is 2.72. The lowest BCUT2D eigenvalue weighted by Gasteiger charge is -2.39. The molecular weight excluding hydrogens is 308 g/mol. The molecule has 0 aliphatic carbocycles. The standard InChI is InChI=1S/C18H22N2O4/c1-10-15-12(11-7-5-6-8-13(11)19-15)9-14(16(21)22)20(10)17(23)24-18(2,3)4/h5-8,10,14,19H,9H2,1-4H3,(H,21,22)/t10-,14?/m0/s1. The number of H-pyrrole nitrogens is 1. The van der Waals surface area contributed by atoms with Gasteiger partial charge in [0.1, 0.15) is 11.6 Å². The number of benzene rings is 1. The van der Waals surface area contributed by atoms with E-state index >= 15 is 0 Å². The highest BCUT2D eigenvalue weighted by atomic mass is 16.6. The molecule has 1 aliphatic heterocycles. The predicted molar refractivity (Wildman–Crippen MR) is 89.9 cm³/mol. The normalized spacial score (nSPS) is 20.8. The van der Waals surface area contributed by atoms with E-state index in [1.165, 1.54) is 4.90 Å². The number of fused-ring (bicyclic) bond motifs is 3. The van der Waals surface area contributed by atoms with E-state index in [4.69, 9.17) is 4.74 Å². The topological polar surface area (TPSA) is 82.6 Å². The summed E-state index contributed by atoms with van der Waals surface area (Å²) in [5.74, 6) is -1.02. The molecule has 1 amide bonds. The number of rotatable bonds is 1. The molecule has 0 radical (unpaired) electrons. The van der Waals surface area contributed by atoms with Crippen LogP contribution in [-0.2, 0) is 16.0 Å². The van der Waals surface area contributed by atoms with Crippen LogP contribution < -0.4 is 0 Å². The van der Waals surface area contributed by atoms with Gasteiger partial charge in [-0.1, -0.05) is 18.2 Å². The molecule has 0 saturated carbocycles. The van der Waals surface area contributed by atoms with Gasteiger partial charge in [-0.05, 0) is 39.3 Å². The molecule has 0 spiro atoms. The monoisotopic (exact) mass is 330 g/mol. The Labute approximate surface area is 140 Å². The van der Waals surface area contributed by atoms with Gasteiger partial charge in [0.2, 0.25) is 0 Å². The molecule has 0 saturated heterocycles. The highest BCUT2D eigenvalue weighted by molar-refractivity contribution is 5.88. The SMILES string of the molecule is C[C@H]1c2[nH]c3ccccc3c2CC(C(=O)O)N1C(=O)OC(C)(C)C. The van der Waals surface area contributed by atoms with E-state index in [0.717, 1.165) is 22.2 Å². The van der Waals surface area contributed by atoms with Gasteiger partial charge in [0.25, 0.3) is 0 Å². The molecular formula is C18H22N2O4. The smallest absolute Gasteiger partial charge is 0.411 e. The molecule has 1 aromatic heterocycles. The number of carbonyl (C=O) groups excluding carboxylic acids is 1. The molecule has 3 rings (SSSR count). The molecule has 1 aliphatic rings. The van der Waals surface area contributed by atoms with E-state index in [9.17, 15) is 14.7 Å². The van der Waals surface area contributed by atoms with Gasteiger partial charge in [-0.2, -0.15) is 0 Å². The van der Waals surface area contributed by atoms with Gasteiger partial charge in [-0.15, -0.1) is 0 Å². The van der Waals surface area contributed by atoms with Gasteiger partial charge in [0, 0.05) is 23.0 Å². The number of aromatic nitrogens is 1. The third-order valence-corrected chi connectivity index (χ3v) is 4.30. The molecule has 0 bridgehead atoms. The number of nitrogens with zero attached hydrogens (tertiary/aromatic N) is 1. The first kappa shape index (κ1) is 16.4. The lowest BCUT2D eigenvalue weighted by atomic mass is 9.92. The van der Waals surface area contributed by atoms with Crippen LogP contribution in [0.2, 0.25) is 0 Å². The lowest BCUT2D eigenvalue weighted by molar-refractivity contribution is -0.144. The van der Waals surface area contributed by atoms with Crippen LogP contribution >= 0.6 is 0 Å². The summed E-state index contributed by atoms with van der Waals surface area (Å²) < 4.78 is 5.43. The molecule has 2 heterocycles. The van der Waals surface area contributed by atoms with Gasteiger partial charge >= 0.3 is 12.1 Å². The van der Waals surface area contributed by atoms with E-state index in [2.05, 4.69) is 4.98 Å². The summed E-state index contributed by atoms with van der Waals surface area (Å²) in [6, 6.07) is 6.43. The molecule has 2 atom stereocenters. The van der Waals surface area contributed by atoms with Crippen LogP contribution in [0.3, 0.4) is 0 Å². The van der Waals surface area contributed by atoms with E-state index < -0.39 is 29.7 Å². The maximum atomic E-state index is 12.6. The minimum Gasteiger partial charge on any atom is -0.480 e. The number of nitrogens with one attached hydrogen (secondary N) is 1. The number of hydrogen-bond acceptors (Lipinski definition) is 3. The first-order valence-electron chi connectivity index (χ1n) is 8.02. The Bertz CT molecular complexity index is 803. The number of aliphatic carboxylic acids is 1. The van der Waals surface area contributed by atoms with Gasteiger partial charge in [-0.25, -0.2) is 9.59 Å². The average Bonchev–Trinajstić information content (AvgIpc) is 2.84. The minimum atomic E-state index is -1.02. The Hall–Kier alpha value is -2.50. The van der Waals surface area contributed by atoms with Crippen LogP contribution in [0.1, 0.15) is 45.0 Å². The van der Waals surface area contributed by atoms with Gasteiger partial charge in [0.15, 0.2) is 0 Å². The fourth-order valence-corrected chi connectivity index (χ4v) is 3.30. The second-order valence-electron chi connectivity index (χ2n) is 7.18. The average molecular weight is 330 g/mol. The molecule has 1 unspecified atom stereocenters. The van der Waals surface area contributed by atoms with Crippen LogP contribution in [-0.4, -0.2) is 38.7 Å². The second kappa shape index (κ2) is 5.54. The van der Waals surface area contributed by atoms with Crippen molar-refractivity contribution in [2.75, 3.05) is 0 Å². The summed E-state index contributed by atoms with van der Waals surface area (Å²) in [6.45, 7) is 7.13. The number of para-hydroxylation sites is 1. The van der Waals surface area contributed by atoms with Crippen LogP contribution in [0, 0.1) is 0 Å². The largest absolute Gasteiger partial charge is 0.480 e. The summed E-state index contributed by atoms with van der Waals surface area (Å²) in [4.78, 5) is 29.0. The van der Waals surface area contributed by atoms with Crippen molar-refractivity contribution < 1.29 is 19.4 Å². The number of carboxylic acid groups (broad SMARTS) is 1. The zero-order valence-electron chi connectivity index (χ0n) is 14.3. The van der Waals surface area contributed by atoms with E-state index in [0.29, 0.717) is 0 Å². The Morgan fingerprint density at radius 2 is 1.96 bits per heavy atom. The minimum absolute atomic E-state index is 0.262. The fourth-order valence-electron chi connectivity index (χ4n) is 3.30. The molecule has 2 aromatic rings. The molecule has 24 heavy (non-hydrogen) atoms. The first-order valence-corrected chi connectivity index (χ1v) is 8.02. The molecule has 2 N–H and O–H groups in total. The molecule has 0 fully saturated rings. The van der Waals surface area contributed by atoms with E-state index in [1.807, 2.05) is 31.2 Å². The van der Waals surface area contributed by atoms with E-state index in [1.54, 1.807) is 20.8 Å². The number of aromatic amines is 1. The number of ether oxygens (including phenoxy) is 1. The van der Waals surface area contributed by atoms with Crippen molar-refractivity contribution in [3.63, 3.8) is 0 Å². The summed E-state index contributed by atoms with van der Waals surface area (Å²) >= 11 is 0. The first-order chi connectivity index (χ1) is 11.2. The van der Waals surface area contributed by atoms with Crippen molar-refractivity contribution in [2.45, 2.75) is 51.8 Å². The van der Waals surface area contributed by atoms with E-state index in [-0.39, 0.29) is 6.42 Å². The quantitative estimate of drug-likeness (QED) is 0.838. The summed E-state index contributed by atoms with van der Waals surface area (Å²) in [5, 5.41) is 10.7. The van der Waals surface area contributed by atoms with Gasteiger partial charge < -0.3 is 14.8 Å². The maximum absolute atomic E-state index is 12.6. The molecule has 128 valence electrons. The van der Waals surface area contributed by atoms with Crippen LogP contribution in [0.25, 0.3) is 10.9 Å². The van der Waals surface area contributed by atoms with Crippen LogP contribution in [0.5, 0.6) is 0 Å².